The molecule has 0 aromatic heterocycles. The van der Waals surface area contributed by atoms with E-state index in [-0.39, 0.29) is 168 Å². The second-order valence-electron chi connectivity index (χ2n) is 24.7. The Morgan fingerprint density at radius 2 is 0.664 bits per heavy atom. The molecule has 0 saturated heterocycles. The molecule has 37 nitrogen and oxygen atoms in total. The molecule has 2 atom stereocenters. The number of methoxy groups -OCH3 is 1. The first kappa shape index (κ1) is 102. The van der Waals surface area contributed by atoms with Gasteiger partial charge in [0.15, 0.2) is 11.9 Å². The lowest BCUT2D eigenvalue weighted by molar-refractivity contribution is -0.121. The van der Waals surface area contributed by atoms with Crippen LogP contribution in [0.1, 0.15) is 25.7 Å². The third-order valence-corrected chi connectivity index (χ3v) is 20.7. The number of rotatable bonds is 85. The molecule has 0 aromatic rings. The fourth-order valence-corrected chi connectivity index (χ4v) is 14.8. The lowest BCUT2D eigenvalue weighted by Crippen LogP contribution is -2.38. The number of amides is 1. The molecule has 1 amide bonds. The van der Waals surface area contributed by atoms with Crippen LogP contribution in [0, 0.1) is 11.8 Å². The van der Waals surface area contributed by atoms with E-state index in [2.05, 4.69) is 20.8 Å². The number of ether oxygens (including phenoxy) is 23. The summed E-state index contributed by atoms with van der Waals surface area (Å²) in [6.07, 6.45) is 10.5. The summed E-state index contributed by atoms with van der Waals surface area (Å²) in [7, 11) is -11.7. The van der Waals surface area contributed by atoms with E-state index in [9.17, 15) is 30.0 Å². The largest absolute Gasteiger partial charge is 0.493 e. The van der Waals surface area contributed by atoms with E-state index in [4.69, 9.17) is 125 Å². The summed E-state index contributed by atoms with van der Waals surface area (Å²) < 4.78 is 218. The van der Waals surface area contributed by atoms with Crippen molar-refractivity contribution in [2.24, 2.45) is 17.7 Å². The van der Waals surface area contributed by atoms with Crippen molar-refractivity contribution in [1.82, 2.24) is 20.8 Å². The van der Waals surface area contributed by atoms with E-state index < -0.39 is 53.4 Å². The van der Waals surface area contributed by atoms with Crippen LogP contribution < -0.4 is 26.6 Å². The molecule has 0 spiro atoms. The number of sulfonamides is 1. The number of carbonyl (C=O) groups excluding carboxylic acids is 1. The van der Waals surface area contributed by atoms with Crippen LogP contribution >= 0.6 is 0 Å². The van der Waals surface area contributed by atoms with Gasteiger partial charge >= 0.3 is 0 Å². The van der Waals surface area contributed by atoms with Crippen LogP contribution in [-0.4, -0.2) is 384 Å². The number of nitrogens with one attached hydrogen (secondary N) is 4. The van der Waals surface area contributed by atoms with Gasteiger partial charge < -0.3 is 130 Å². The first-order valence-corrected chi connectivity index (χ1v) is 43.5. The fraction of sp³-hybridized carbons (Fsp3) is 0.795. The Hall–Kier alpha value is -3.82. The number of allylic oxidation sites excluding steroid dienone is 10. The minimum atomic E-state index is -4.55. The smallest absolute Gasteiger partial charge is 0.240 e. The highest BCUT2D eigenvalue weighted by Gasteiger charge is 2.49. The van der Waals surface area contributed by atoms with E-state index in [1.807, 2.05) is 0 Å². The van der Waals surface area contributed by atoms with E-state index >= 15 is 0 Å². The lowest BCUT2D eigenvalue weighted by Gasteiger charge is -2.43. The van der Waals surface area contributed by atoms with Crippen LogP contribution in [0.2, 0.25) is 0 Å². The third kappa shape index (κ3) is 47.5. The number of aliphatic hydroxyl groups excluding tert-OH is 2. The highest BCUT2D eigenvalue weighted by molar-refractivity contribution is 7.96. The summed E-state index contributed by atoms with van der Waals surface area (Å²) in [5.74, 6) is 1.44. The predicted octanol–water partition coefficient (Wildman–Crippen LogP) is -0.652. The molecular formula is C73H129N5O32S3. The lowest BCUT2D eigenvalue weighted by atomic mass is 9.64. The van der Waals surface area contributed by atoms with Crippen LogP contribution in [0.3, 0.4) is 0 Å². The van der Waals surface area contributed by atoms with E-state index in [1.54, 1.807) is 19.3 Å². The van der Waals surface area contributed by atoms with Crippen LogP contribution in [-0.2, 0) is 143 Å². The number of sulfone groups is 2. The highest BCUT2D eigenvalue weighted by Crippen LogP contribution is 2.56. The first-order chi connectivity index (χ1) is 55.3. The zero-order valence-electron chi connectivity index (χ0n) is 66.0. The Morgan fingerprint density at radius 3 is 1.01 bits per heavy atom. The van der Waals surface area contributed by atoms with Crippen LogP contribution in [0.25, 0.3) is 0 Å². The molecule has 2 unspecified atom stereocenters. The molecule has 4 aliphatic carbocycles. The van der Waals surface area contributed by atoms with Gasteiger partial charge in [-0.15, -0.1) is 0 Å². The third-order valence-electron chi connectivity index (χ3n) is 16.2. The maximum Gasteiger partial charge on any atom is 0.240 e. The van der Waals surface area contributed by atoms with Gasteiger partial charge in [-0.2, -0.15) is 0 Å². The van der Waals surface area contributed by atoms with Crippen molar-refractivity contribution in [1.29, 1.82) is 0 Å². The number of aliphatic hydroxyl groups is 2. The van der Waals surface area contributed by atoms with Gasteiger partial charge in [-0.05, 0) is 48.1 Å². The fourth-order valence-electron chi connectivity index (χ4n) is 10.8. The zero-order valence-corrected chi connectivity index (χ0v) is 68.4. The molecule has 0 aromatic carbocycles. The van der Waals surface area contributed by atoms with E-state index in [0.29, 0.717) is 229 Å². The molecule has 0 saturated carbocycles. The SMILES string of the molecule is COCCOCCOCCOCCOCCOCCOCCOCCNS(=O)(=O)C1=C2C=CC3=C(OCCCCCC(=O)NN)C=C(S(=O)(=O)COCCOCCOCCOCCNCCOCCOCCOCCO)C4=CC=C(C(S(=O)(=O)COCCOCCOCCOCCNCCOCCOCCOCCO)=C1)C2C43. The average molecular weight is 1690 g/mol. The topological polar surface area (TPSA) is 446 Å². The van der Waals surface area contributed by atoms with Gasteiger partial charge in [-0.25, -0.2) is 35.8 Å². The van der Waals surface area contributed by atoms with Crippen molar-refractivity contribution < 1.29 is 149 Å². The normalized spacial score (nSPS) is 15.6. The van der Waals surface area contributed by atoms with Gasteiger partial charge in [0.1, 0.15) is 5.76 Å². The molecule has 40 heteroatoms. The van der Waals surface area contributed by atoms with Crippen molar-refractivity contribution in [3.63, 3.8) is 0 Å². The summed E-state index contributed by atoms with van der Waals surface area (Å²) in [6, 6.07) is 0. The second kappa shape index (κ2) is 68.0. The standard InChI is InChI=1S/C73H129N5O32S3/c1-88-25-26-96-41-42-102-45-46-104-49-50-105-48-47-103-44-43-101-38-31-93-22-14-77-113(86,87)70-60-69(112(84,85)62-109-58-56-107-54-52-100-37-30-92-21-13-76-11-19-90-28-35-98-40-33-95-24-16-80)65-9-8-64-68(59-67(63-6-7-66(70)73(65)72(63)64)110-17-4-2-3-5-71(81)78-74)111(82,83)61-108-57-55-106-53-51-99-36-29-91-20-12-75-10-18-89-27-34-97-39-32-94-23-15-79/h6-9,59-60,72-73,75-77,79-80H,2-5,10-58,61-62,74H2,1H3,(H,78,81). The Morgan fingerprint density at radius 1 is 0.363 bits per heavy atom. The molecule has 0 fully saturated rings. The van der Waals surface area contributed by atoms with Gasteiger partial charge in [-0.3, -0.25) is 10.2 Å². The number of hydrogen-bond donors (Lipinski definition) is 7. The predicted molar refractivity (Wildman–Crippen MR) is 413 cm³/mol. The molecule has 4 rings (SSSR count). The van der Waals surface area contributed by atoms with Crippen molar-refractivity contribution in [3.05, 3.63) is 79.2 Å². The summed E-state index contributed by atoms with van der Waals surface area (Å²) in [4.78, 5) is 11.0. The second-order valence-corrected chi connectivity index (χ2v) is 30.2. The Balaban J connectivity index is 1.32. The molecule has 8 N–H and O–H groups in total. The molecule has 656 valence electrons. The average Bonchev–Trinajstić information content (AvgIpc) is 0.705. The van der Waals surface area contributed by atoms with Gasteiger partial charge in [0.25, 0.3) is 0 Å². The minimum absolute atomic E-state index is 0.00625. The number of unbranched alkanes of at least 4 members (excludes halogenated alkanes) is 2. The maximum absolute atomic E-state index is 14.7. The number of hydrogen-bond acceptors (Lipinski definition) is 35. The molecule has 0 bridgehead atoms. The van der Waals surface area contributed by atoms with Crippen LogP contribution in [0.5, 0.6) is 0 Å². The van der Waals surface area contributed by atoms with E-state index in [0.717, 1.165) is 6.08 Å². The number of nitrogens with two attached hydrogens (primary N) is 1. The van der Waals surface area contributed by atoms with Crippen molar-refractivity contribution in [3.8, 4) is 0 Å². The quantitative estimate of drug-likeness (QED) is 0.0172. The van der Waals surface area contributed by atoms with E-state index in [1.165, 1.54) is 18.2 Å². The molecule has 4 aliphatic rings. The monoisotopic (exact) mass is 1680 g/mol. The van der Waals surface area contributed by atoms with Gasteiger partial charge in [0.05, 0.1) is 305 Å². The molecule has 113 heavy (non-hydrogen) atoms. The summed E-state index contributed by atoms with van der Waals surface area (Å²) >= 11 is 0. The maximum atomic E-state index is 14.7. The molecule has 0 radical (unpaired) electrons. The van der Waals surface area contributed by atoms with Crippen molar-refractivity contribution in [2.75, 3.05) is 342 Å². The minimum Gasteiger partial charge on any atom is -0.493 e. The van der Waals surface area contributed by atoms with Gasteiger partial charge in [0.2, 0.25) is 35.6 Å². The van der Waals surface area contributed by atoms with Crippen LogP contribution in [0.15, 0.2) is 79.2 Å². The molecule has 0 aliphatic heterocycles. The summed E-state index contributed by atoms with van der Waals surface area (Å²) in [5.41, 5.74) is 3.26. The number of carbonyl (C=O) groups is 1. The van der Waals surface area contributed by atoms with Crippen LogP contribution in [0.4, 0.5) is 0 Å². The first-order valence-electron chi connectivity index (χ1n) is 38.7. The number of hydrazine groups is 1. The van der Waals surface area contributed by atoms with Gasteiger partial charge in [-0.1, -0.05) is 24.3 Å². The van der Waals surface area contributed by atoms with Crippen molar-refractivity contribution >= 4 is 35.6 Å². The molecule has 0 heterocycles. The summed E-state index contributed by atoms with van der Waals surface area (Å²) in [5, 5.41) is 23.9. The Kier molecular flexibility index (Phi) is 61.1. The van der Waals surface area contributed by atoms with Gasteiger partial charge in [0, 0.05) is 63.7 Å². The summed E-state index contributed by atoms with van der Waals surface area (Å²) in [6.45, 7) is 15.8. The Labute approximate surface area is 667 Å². The Bertz CT molecular complexity index is 3040. The highest BCUT2D eigenvalue weighted by atomic mass is 32.2. The zero-order chi connectivity index (χ0) is 81.1. The molecular weight excluding hydrogens is 1560 g/mol. The van der Waals surface area contributed by atoms with Crippen molar-refractivity contribution in [2.45, 2.75) is 25.7 Å².